The van der Waals surface area contributed by atoms with E-state index >= 15 is 0 Å². The van der Waals surface area contributed by atoms with Crippen molar-refractivity contribution in [2.24, 2.45) is 0 Å². The van der Waals surface area contributed by atoms with Gasteiger partial charge in [-0.2, -0.15) is 0 Å². The maximum absolute atomic E-state index is 13.0. The summed E-state index contributed by atoms with van der Waals surface area (Å²) in [5, 5.41) is 8.00. The highest BCUT2D eigenvalue weighted by Gasteiger charge is 2.31. The van der Waals surface area contributed by atoms with Crippen molar-refractivity contribution in [2.45, 2.75) is 32.9 Å². The number of rotatable bonds is 0. The van der Waals surface area contributed by atoms with Crippen molar-refractivity contribution in [3.05, 3.63) is 35.1 Å². The molecule has 1 N–H and O–H groups in total. The largest absolute Gasteiger partial charge is 0.347 e. The Morgan fingerprint density at radius 1 is 1.33 bits per heavy atom. The Bertz CT molecular complexity index is 418. The van der Waals surface area contributed by atoms with E-state index in [0.717, 1.165) is 11.1 Å². The minimum absolute atomic E-state index is 0.0907. The van der Waals surface area contributed by atoms with Crippen LogP contribution in [0.5, 0.6) is 0 Å². The molecule has 0 unspecified atom stereocenters. The minimum atomic E-state index is -0.269. The van der Waals surface area contributed by atoms with Gasteiger partial charge in [0.1, 0.15) is 11.7 Å². The van der Waals surface area contributed by atoms with Crippen LogP contribution in [0, 0.1) is 11.2 Å². The van der Waals surface area contributed by atoms with Crippen LogP contribution in [0.25, 0.3) is 0 Å². The van der Waals surface area contributed by atoms with Gasteiger partial charge in [-0.25, -0.2) is 4.39 Å². The number of benzene rings is 1. The molecule has 0 radical (unpaired) electrons. The Morgan fingerprint density at radius 3 is 2.60 bits per heavy atom. The van der Waals surface area contributed by atoms with Crippen LogP contribution in [0.3, 0.4) is 0 Å². The lowest BCUT2D eigenvalue weighted by atomic mass is 10.1. The molecular formula is C12H15FN2. The lowest BCUT2D eigenvalue weighted by Crippen LogP contribution is -2.41. The average molecular weight is 206 g/mol. The molecule has 0 bridgehead atoms. The van der Waals surface area contributed by atoms with E-state index in [1.807, 2.05) is 4.90 Å². The first-order valence-corrected chi connectivity index (χ1v) is 5.04. The quantitative estimate of drug-likeness (QED) is 0.694. The van der Waals surface area contributed by atoms with Crippen LogP contribution in [0.1, 0.15) is 31.9 Å². The van der Waals surface area contributed by atoms with Gasteiger partial charge in [0.05, 0.1) is 0 Å². The van der Waals surface area contributed by atoms with Crippen LogP contribution in [-0.4, -0.2) is 16.3 Å². The van der Waals surface area contributed by atoms with Gasteiger partial charge in [0, 0.05) is 17.6 Å². The van der Waals surface area contributed by atoms with Gasteiger partial charge in [0.15, 0.2) is 0 Å². The molecule has 1 aliphatic rings. The molecule has 15 heavy (non-hydrogen) atoms. The van der Waals surface area contributed by atoms with Gasteiger partial charge in [-0.15, -0.1) is 0 Å². The summed E-state index contributed by atoms with van der Waals surface area (Å²) >= 11 is 0. The molecule has 0 aromatic heterocycles. The molecule has 0 amide bonds. The summed E-state index contributed by atoms with van der Waals surface area (Å²) in [6.07, 6.45) is 0. The van der Waals surface area contributed by atoms with Crippen LogP contribution in [0.4, 0.5) is 4.39 Å². The van der Waals surface area contributed by atoms with Crippen molar-refractivity contribution < 1.29 is 4.39 Å². The zero-order chi connectivity index (χ0) is 11.2. The van der Waals surface area contributed by atoms with Crippen LogP contribution in [0.15, 0.2) is 18.2 Å². The van der Waals surface area contributed by atoms with Crippen LogP contribution >= 0.6 is 0 Å². The van der Waals surface area contributed by atoms with Gasteiger partial charge in [-0.3, -0.25) is 5.41 Å². The van der Waals surface area contributed by atoms with E-state index in [-0.39, 0.29) is 11.4 Å². The van der Waals surface area contributed by atoms with E-state index in [9.17, 15) is 4.39 Å². The molecule has 0 fully saturated rings. The molecule has 1 aromatic rings. The van der Waals surface area contributed by atoms with Gasteiger partial charge >= 0.3 is 0 Å². The summed E-state index contributed by atoms with van der Waals surface area (Å²) in [5.41, 5.74) is 1.67. The number of hydrogen-bond donors (Lipinski definition) is 1. The fourth-order valence-electron chi connectivity index (χ4n) is 1.87. The van der Waals surface area contributed by atoms with Crippen molar-refractivity contribution in [1.82, 2.24) is 4.90 Å². The van der Waals surface area contributed by atoms with E-state index in [0.29, 0.717) is 12.4 Å². The highest BCUT2D eigenvalue weighted by Crippen LogP contribution is 2.29. The Morgan fingerprint density at radius 2 is 2.00 bits per heavy atom. The molecule has 2 nitrogen and oxygen atoms in total. The predicted octanol–water partition coefficient (Wildman–Crippen LogP) is 2.77. The smallest absolute Gasteiger partial charge is 0.129 e. The van der Waals surface area contributed by atoms with Gasteiger partial charge in [0.25, 0.3) is 0 Å². The number of hydrogen-bond acceptors (Lipinski definition) is 1. The first-order chi connectivity index (χ1) is 6.89. The second-order valence-corrected chi connectivity index (χ2v) is 4.91. The third-order valence-electron chi connectivity index (χ3n) is 2.74. The van der Waals surface area contributed by atoms with Crippen LogP contribution in [0.2, 0.25) is 0 Å². The van der Waals surface area contributed by atoms with Gasteiger partial charge in [-0.1, -0.05) is 6.07 Å². The fraction of sp³-hybridized carbons (Fsp3) is 0.417. The zero-order valence-corrected chi connectivity index (χ0v) is 9.26. The normalized spacial score (nSPS) is 15.7. The molecule has 0 saturated carbocycles. The van der Waals surface area contributed by atoms with Crippen molar-refractivity contribution in [1.29, 1.82) is 5.41 Å². The Kier molecular flexibility index (Phi) is 2.07. The van der Waals surface area contributed by atoms with Crippen LogP contribution < -0.4 is 0 Å². The highest BCUT2D eigenvalue weighted by atomic mass is 19.1. The first-order valence-electron chi connectivity index (χ1n) is 5.04. The number of halogens is 1. The summed E-state index contributed by atoms with van der Waals surface area (Å²) in [7, 11) is 0. The Labute approximate surface area is 89.2 Å². The lowest BCUT2D eigenvalue weighted by molar-refractivity contribution is 0.238. The zero-order valence-electron chi connectivity index (χ0n) is 9.26. The summed E-state index contributed by atoms with van der Waals surface area (Å²) < 4.78 is 13.0. The van der Waals surface area contributed by atoms with Crippen molar-refractivity contribution in [3.63, 3.8) is 0 Å². The topological polar surface area (TPSA) is 27.1 Å². The van der Waals surface area contributed by atoms with E-state index in [4.69, 9.17) is 5.41 Å². The van der Waals surface area contributed by atoms with Crippen LogP contribution in [-0.2, 0) is 6.54 Å². The molecule has 0 atom stereocenters. The highest BCUT2D eigenvalue weighted by molar-refractivity contribution is 6.00. The van der Waals surface area contributed by atoms with Crippen molar-refractivity contribution >= 4 is 5.84 Å². The Balaban J connectivity index is 2.42. The molecule has 1 heterocycles. The second-order valence-electron chi connectivity index (χ2n) is 4.91. The summed E-state index contributed by atoms with van der Waals surface area (Å²) in [5.74, 6) is 0.159. The minimum Gasteiger partial charge on any atom is -0.347 e. The molecule has 0 spiro atoms. The van der Waals surface area contributed by atoms with Gasteiger partial charge in [0.2, 0.25) is 0 Å². The Hall–Kier alpha value is -1.38. The maximum atomic E-state index is 13.0. The van der Waals surface area contributed by atoms with Crippen molar-refractivity contribution in [2.75, 3.05) is 0 Å². The van der Waals surface area contributed by atoms with Crippen molar-refractivity contribution in [3.8, 4) is 0 Å². The maximum Gasteiger partial charge on any atom is 0.129 e. The average Bonchev–Trinajstić information content (AvgIpc) is 2.43. The number of fused-ring (bicyclic) bond motifs is 1. The molecular weight excluding hydrogens is 191 g/mol. The van der Waals surface area contributed by atoms with E-state index in [1.165, 1.54) is 12.1 Å². The van der Waals surface area contributed by atoms with Gasteiger partial charge in [-0.05, 0) is 38.5 Å². The molecule has 0 aliphatic carbocycles. The number of nitrogens with one attached hydrogen (secondary N) is 1. The molecule has 1 aliphatic heterocycles. The third-order valence-corrected chi connectivity index (χ3v) is 2.74. The number of amidine groups is 1. The monoisotopic (exact) mass is 206 g/mol. The molecule has 3 heteroatoms. The summed E-state index contributed by atoms with van der Waals surface area (Å²) in [6.45, 7) is 6.88. The first kappa shape index (κ1) is 10.1. The third kappa shape index (κ3) is 1.62. The fourth-order valence-corrected chi connectivity index (χ4v) is 1.87. The van der Waals surface area contributed by atoms with Gasteiger partial charge < -0.3 is 4.90 Å². The van der Waals surface area contributed by atoms with E-state index < -0.39 is 0 Å². The molecule has 2 rings (SSSR count). The summed E-state index contributed by atoms with van der Waals surface area (Å²) in [6, 6.07) is 4.67. The second kappa shape index (κ2) is 3.05. The molecule has 80 valence electrons. The lowest BCUT2D eigenvalue weighted by Gasteiger charge is -2.33. The standard InChI is InChI=1S/C12H15FN2/c1-12(2,3)15-7-8-4-5-9(13)6-10(8)11(15)14/h4-6,14H,7H2,1-3H3. The molecule has 1 aromatic carbocycles. The number of nitrogens with zero attached hydrogens (tertiary/aromatic N) is 1. The molecule has 0 saturated heterocycles. The van der Waals surface area contributed by atoms with E-state index in [1.54, 1.807) is 6.07 Å². The summed E-state index contributed by atoms with van der Waals surface area (Å²) in [4.78, 5) is 1.98. The van der Waals surface area contributed by atoms with E-state index in [2.05, 4.69) is 20.8 Å². The SMILES string of the molecule is CC(C)(C)N1Cc2ccc(F)cc2C1=N. The predicted molar refractivity (Wildman–Crippen MR) is 58.5 cm³/mol.